The zero-order valence-corrected chi connectivity index (χ0v) is 14.2. The van der Waals surface area contributed by atoms with Gasteiger partial charge in [-0.1, -0.05) is 0 Å². The number of carboxylic acids is 1. The summed E-state index contributed by atoms with van der Waals surface area (Å²) in [7, 11) is 3.39. The van der Waals surface area contributed by atoms with Crippen LogP contribution in [-0.2, 0) is 0 Å². The second-order valence-corrected chi connectivity index (χ2v) is 5.92. The predicted molar refractivity (Wildman–Crippen MR) is 95.7 cm³/mol. The maximum Gasteiger partial charge on any atom is 0.360 e. The van der Waals surface area contributed by atoms with Gasteiger partial charge in [-0.3, -0.25) is 14.9 Å². The van der Waals surface area contributed by atoms with Crippen LogP contribution < -0.4 is 10.5 Å². The number of nitrogens with one attached hydrogen (secondary N) is 1. The van der Waals surface area contributed by atoms with Crippen LogP contribution >= 0.6 is 0 Å². The molecule has 0 amide bonds. The first kappa shape index (κ1) is 18.0. The lowest BCUT2D eigenvalue weighted by atomic mass is 10.00. The molecule has 0 bridgehead atoms. The molecule has 3 aromatic rings. The first-order valence-corrected chi connectivity index (χ1v) is 7.62. The molecule has 2 aromatic carbocycles. The molecule has 0 spiro atoms. The molecule has 10 heteroatoms. The lowest BCUT2D eigenvalue weighted by Gasteiger charge is -2.18. The lowest BCUT2D eigenvalue weighted by molar-refractivity contribution is -0.384. The van der Waals surface area contributed by atoms with Crippen LogP contribution in [0.25, 0.3) is 22.2 Å². The number of halogens is 1. The third-order valence-corrected chi connectivity index (χ3v) is 3.94. The van der Waals surface area contributed by atoms with E-state index in [9.17, 15) is 24.1 Å². The summed E-state index contributed by atoms with van der Waals surface area (Å²) in [6, 6.07) is 6.19. The van der Waals surface area contributed by atoms with Gasteiger partial charge in [0, 0.05) is 31.4 Å². The molecule has 0 radical (unpaired) electrons. The normalized spacial score (nSPS) is 10.8. The third-order valence-electron chi connectivity index (χ3n) is 3.94. The molecule has 0 aliphatic rings. The number of benzene rings is 2. The Morgan fingerprint density at radius 1 is 1.26 bits per heavy atom. The number of anilines is 1. The smallest absolute Gasteiger partial charge is 0.360 e. The van der Waals surface area contributed by atoms with Crippen molar-refractivity contribution < 1.29 is 19.2 Å². The number of hydrogen-bond donors (Lipinski definition) is 2. The van der Waals surface area contributed by atoms with E-state index >= 15 is 0 Å². The highest BCUT2D eigenvalue weighted by Gasteiger charge is 2.22. The maximum absolute atomic E-state index is 13.8. The van der Waals surface area contributed by atoms with Gasteiger partial charge in [-0.05, 0) is 24.3 Å². The van der Waals surface area contributed by atoms with Gasteiger partial charge in [0.2, 0.25) is 5.69 Å². The summed E-state index contributed by atoms with van der Waals surface area (Å²) in [6.45, 7) is 0. The number of aromatic nitrogens is 2. The fourth-order valence-corrected chi connectivity index (χ4v) is 2.75. The van der Waals surface area contributed by atoms with E-state index in [4.69, 9.17) is 5.11 Å². The summed E-state index contributed by atoms with van der Waals surface area (Å²) >= 11 is 0. The molecule has 0 aliphatic heterocycles. The van der Waals surface area contributed by atoms with E-state index in [1.807, 2.05) is 0 Å². The highest BCUT2D eigenvalue weighted by Crippen LogP contribution is 2.38. The molecule has 0 saturated carbocycles. The van der Waals surface area contributed by atoms with E-state index in [1.165, 1.54) is 18.2 Å². The molecule has 2 N–H and O–H groups in total. The molecule has 0 atom stereocenters. The zero-order chi connectivity index (χ0) is 19.9. The first-order chi connectivity index (χ1) is 12.7. The van der Waals surface area contributed by atoms with Gasteiger partial charge < -0.3 is 15.0 Å². The zero-order valence-electron chi connectivity index (χ0n) is 14.2. The lowest BCUT2D eigenvalue weighted by Crippen LogP contribution is -2.19. The molecule has 0 saturated heterocycles. The Balaban J connectivity index is 2.42. The predicted octanol–water partition coefficient (Wildman–Crippen LogP) is 2.40. The van der Waals surface area contributed by atoms with Crippen molar-refractivity contribution in [2.45, 2.75) is 0 Å². The number of fused-ring (bicyclic) bond motifs is 1. The Morgan fingerprint density at radius 2 is 1.96 bits per heavy atom. The summed E-state index contributed by atoms with van der Waals surface area (Å²) in [5, 5.41) is 20.6. The molecule has 0 fully saturated rings. The van der Waals surface area contributed by atoms with E-state index in [0.29, 0.717) is 5.69 Å². The topological polar surface area (TPSA) is 129 Å². The van der Waals surface area contributed by atoms with Gasteiger partial charge in [0.1, 0.15) is 5.82 Å². The number of H-pyrrole nitrogens is 1. The Morgan fingerprint density at radius 3 is 2.56 bits per heavy atom. The van der Waals surface area contributed by atoms with E-state index in [-0.39, 0.29) is 27.8 Å². The molecule has 0 unspecified atom stereocenters. The minimum absolute atomic E-state index is 0.00301. The maximum atomic E-state index is 13.8. The fourth-order valence-electron chi connectivity index (χ4n) is 2.75. The van der Waals surface area contributed by atoms with Crippen LogP contribution in [0.2, 0.25) is 0 Å². The van der Waals surface area contributed by atoms with Crippen molar-refractivity contribution in [3.05, 3.63) is 62.3 Å². The molecule has 27 heavy (non-hydrogen) atoms. The van der Waals surface area contributed by atoms with Crippen molar-refractivity contribution in [2.75, 3.05) is 19.0 Å². The average Bonchev–Trinajstić information content (AvgIpc) is 2.59. The van der Waals surface area contributed by atoms with Crippen LogP contribution in [0.4, 0.5) is 15.8 Å². The highest BCUT2D eigenvalue weighted by atomic mass is 19.1. The summed E-state index contributed by atoms with van der Waals surface area (Å²) in [4.78, 5) is 41.5. The Kier molecular flexibility index (Phi) is 4.32. The molecule has 1 heterocycles. The van der Waals surface area contributed by atoms with Crippen LogP contribution in [0.1, 0.15) is 10.5 Å². The minimum atomic E-state index is -1.53. The molecular weight excluding hydrogens is 359 g/mol. The SMILES string of the molecule is CN(C)c1ccc(F)cc1-c1cc2nc(C(=O)O)c(=O)[nH]c2cc1[N+](=O)[O-]. The molecule has 9 nitrogen and oxygen atoms in total. The van der Waals surface area contributed by atoms with Gasteiger partial charge in [0.25, 0.3) is 11.2 Å². The van der Waals surface area contributed by atoms with Crippen LogP contribution in [0.5, 0.6) is 0 Å². The van der Waals surface area contributed by atoms with Crippen LogP contribution in [0.3, 0.4) is 0 Å². The number of rotatable bonds is 4. The summed E-state index contributed by atoms with van der Waals surface area (Å²) in [5.74, 6) is -2.12. The van der Waals surface area contributed by atoms with Gasteiger partial charge in [-0.15, -0.1) is 0 Å². The Labute approximate surface area is 150 Å². The van der Waals surface area contributed by atoms with E-state index in [0.717, 1.165) is 12.1 Å². The number of nitro groups is 1. The Bertz CT molecular complexity index is 1160. The largest absolute Gasteiger partial charge is 0.476 e. The number of carboxylic acid groups (broad SMARTS) is 1. The number of nitrogens with zero attached hydrogens (tertiary/aromatic N) is 3. The first-order valence-electron chi connectivity index (χ1n) is 7.62. The molecule has 0 aliphatic carbocycles. The molecular formula is C17H13FN4O5. The van der Waals surface area contributed by atoms with Crippen LogP contribution in [-0.4, -0.2) is 40.1 Å². The van der Waals surface area contributed by atoms with Gasteiger partial charge in [0.15, 0.2) is 0 Å². The van der Waals surface area contributed by atoms with Crippen molar-refractivity contribution in [1.29, 1.82) is 0 Å². The number of aromatic carboxylic acids is 1. The van der Waals surface area contributed by atoms with Crippen molar-refractivity contribution in [1.82, 2.24) is 9.97 Å². The number of carbonyl (C=O) groups is 1. The van der Waals surface area contributed by atoms with Crippen LogP contribution in [0.15, 0.2) is 35.1 Å². The summed E-state index contributed by atoms with van der Waals surface area (Å²) < 4.78 is 13.8. The molecule has 3 rings (SSSR count). The van der Waals surface area contributed by atoms with E-state index in [1.54, 1.807) is 19.0 Å². The monoisotopic (exact) mass is 372 g/mol. The van der Waals surface area contributed by atoms with Crippen molar-refractivity contribution in [3.63, 3.8) is 0 Å². The second kappa shape index (κ2) is 6.48. The molecule has 138 valence electrons. The van der Waals surface area contributed by atoms with E-state index in [2.05, 4.69) is 9.97 Å². The third kappa shape index (κ3) is 3.19. The second-order valence-electron chi connectivity index (χ2n) is 5.92. The van der Waals surface area contributed by atoms with E-state index < -0.39 is 28.0 Å². The Hall–Kier alpha value is -3.82. The summed E-state index contributed by atoms with van der Waals surface area (Å²) in [6.07, 6.45) is 0. The van der Waals surface area contributed by atoms with Crippen LogP contribution in [0, 0.1) is 15.9 Å². The number of aromatic amines is 1. The van der Waals surface area contributed by atoms with Crippen molar-refractivity contribution >= 4 is 28.4 Å². The number of hydrogen-bond acceptors (Lipinski definition) is 6. The van der Waals surface area contributed by atoms with Gasteiger partial charge >= 0.3 is 5.97 Å². The van der Waals surface area contributed by atoms with Gasteiger partial charge in [0.05, 0.1) is 21.5 Å². The molecule has 1 aromatic heterocycles. The number of nitro benzene ring substituents is 1. The van der Waals surface area contributed by atoms with Crippen molar-refractivity contribution in [3.8, 4) is 11.1 Å². The highest BCUT2D eigenvalue weighted by molar-refractivity contribution is 5.93. The van der Waals surface area contributed by atoms with Crippen molar-refractivity contribution in [2.24, 2.45) is 0 Å². The minimum Gasteiger partial charge on any atom is -0.476 e. The average molecular weight is 372 g/mol. The summed E-state index contributed by atoms with van der Waals surface area (Å²) in [5.41, 5.74) is -1.26. The van der Waals surface area contributed by atoms with Gasteiger partial charge in [-0.2, -0.15) is 0 Å². The standard InChI is InChI=1S/C17H13FN4O5/c1-21(2)13-4-3-8(18)5-9(13)10-6-11-12(7-14(10)22(26)27)20-16(23)15(19-11)17(24)25/h3-7H,1-2H3,(H,20,23)(H,24,25). The van der Waals surface area contributed by atoms with Gasteiger partial charge in [-0.25, -0.2) is 14.2 Å². The fraction of sp³-hybridized carbons (Fsp3) is 0.118. The quantitative estimate of drug-likeness (QED) is 0.531.